The summed E-state index contributed by atoms with van der Waals surface area (Å²) in [7, 11) is -3.20. The van der Waals surface area contributed by atoms with Crippen molar-refractivity contribution in [1.82, 2.24) is 0 Å². The number of ether oxygens (including phenoxy) is 1. The van der Waals surface area contributed by atoms with E-state index in [0.717, 1.165) is 29.9 Å². The summed E-state index contributed by atoms with van der Waals surface area (Å²) >= 11 is 0. The summed E-state index contributed by atoms with van der Waals surface area (Å²) in [5, 5.41) is 0. The molecule has 0 aliphatic rings. The van der Waals surface area contributed by atoms with Gasteiger partial charge in [-0.05, 0) is 81.6 Å². The van der Waals surface area contributed by atoms with Gasteiger partial charge in [-0.25, -0.2) is 0 Å². The molecule has 0 saturated heterocycles. The third-order valence-electron chi connectivity index (χ3n) is 5.29. The van der Waals surface area contributed by atoms with Gasteiger partial charge in [0, 0.05) is 30.9 Å². The summed E-state index contributed by atoms with van der Waals surface area (Å²) in [6.07, 6.45) is 4.87. The van der Waals surface area contributed by atoms with Gasteiger partial charge in [-0.15, -0.1) is 0 Å². The van der Waals surface area contributed by atoms with Crippen LogP contribution in [-0.4, -0.2) is 35.5 Å². The molecule has 0 N–H and O–H groups in total. The first-order valence-corrected chi connectivity index (χ1v) is 14.2. The molecule has 0 bridgehead atoms. The van der Waals surface area contributed by atoms with Gasteiger partial charge in [-0.1, -0.05) is 45.0 Å². The lowest BCUT2D eigenvalue weighted by molar-refractivity contribution is 0.00970. The quantitative estimate of drug-likeness (QED) is 0.210. The lowest BCUT2D eigenvalue weighted by Gasteiger charge is -2.27. The second-order valence-corrected chi connectivity index (χ2v) is 10.00. The average Bonchev–Trinajstić information content (AvgIpc) is 2.85. The van der Waals surface area contributed by atoms with Crippen molar-refractivity contribution in [2.75, 3.05) is 26.4 Å². The summed E-state index contributed by atoms with van der Waals surface area (Å²) in [4.78, 5) is 0. The molecule has 0 saturated carbocycles. The van der Waals surface area contributed by atoms with Gasteiger partial charge in [0.15, 0.2) is 0 Å². The van der Waals surface area contributed by atoms with Crippen LogP contribution in [0.5, 0.6) is 11.5 Å². The maximum atomic E-state index is 6.03. The van der Waals surface area contributed by atoms with Crippen molar-refractivity contribution in [3.63, 3.8) is 0 Å². The summed E-state index contributed by atoms with van der Waals surface area (Å²) in [5.74, 6) is 8.56. The predicted octanol–water partition coefficient (Wildman–Crippen LogP) is 6.61. The van der Waals surface area contributed by atoms with Crippen LogP contribution in [0.3, 0.4) is 0 Å². The second-order valence-electron chi connectivity index (χ2n) is 7.93. The number of benzene rings is 2. The van der Waals surface area contributed by atoms with Crippen LogP contribution in [0.25, 0.3) is 0 Å². The fourth-order valence-electron chi connectivity index (χ4n) is 3.39. The summed E-state index contributed by atoms with van der Waals surface area (Å²) in [5.41, 5.74) is 1.84. The minimum absolute atomic E-state index is 0.456. The summed E-state index contributed by atoms with van der Waals surface area (Å²) in [6.45, 7) is 12.3. The molecule has 5 nitrogen and oxygen atoms in total. The Hall–Kier alpha value is -2.30. The van der Waals surface area contributed by atoms with E-state index in [4.69, 9.17) is 22.4 Å². The van der Waals surface area contributed by atoms with Gasteiger partial charge in [0.25, 0.3) is 0 Å². The molecule has 0 radical (unpaired) electrons. The molecule has 0 amide bonds. The van der Waals surface area contributed by atoms with Gasteiger partial charge in [-0.3, -0.25) is 0 Å². The molecule has 6 heteroatoms. The van der Waals surface area contributed by atoms with Gasteiger partial charge in [0.1, 0.15) is 11.5 Å². The van der Waals surface area contributed by atoms with E-state index in [2.05, 4.69) is 25.7 Å². The lowest BCUT2D eigenvalue weighted by Crippen LogP contribution is -2.52. The second kappa shape index (κ2) is 15.6. The largest absolute Gasteiger partial charge is 0.749 e. The number of rotatable bonds is 15. The Bertz CT molecular complexity index is 853. The highest BCUT2D eigenvalue weighted by molar-refractivity contribution is 6.54. The van der Waals surface area contributed by atoms with E-state index in [9.17, 15) is 0 Å². The van der Waals surface area contributed by atoms with E-state index in [1.807, 2.05) is 69.3 Å². The normalized spacial score (nSPS) is 12.0. The monoisotopic (exact) mass is 484 g/mol. The third-order valence-corrected chi connectivity index (χ3v) is 7.71. The van der Waals surface area contributed by atoms with Crippen molar-refractivity contribution in [2.24, 2.45) is 5.92 Å². The number of unbranched alkanes of at least 4 members (excludes halogenated alkanes) is 1. The molecule has 1 unspecified atom stereocenters. The van der Waals surface area contributed by atoms with E-state index in [0.29, 0.717) is 31.5 Å². The highest BCUT2D eigenvalue weighted by atomic mass is 28.4. The van der Waals surface area contributed by atoms with Crippen molar-refractivity contribution in [3.05, 3.63) is 59.7 Å². The van der Waals surface area contributed by atoms with Crippen LogP contribution in [0, 0.1) is 17.8 Å². The number of hydrogen-bond donors (Lipinski definition) is 0. The minimum Gasteiger partial charge on any atom is -0.493 e. The third kappa shape index (κ3) is 9.52. The Labute approximate surface area is 207 Å². The van der Waals surface area contributed by atoms with Crippen LogP contribution >= 0.6 is 0 Å². The first-order valence-electron chi connectivity index (χ1n) is 12.5. The van der Waals surface area contributed by atoms with E-state index in [1.54, 1.807) is 0 Å². The topological polar surface area (TPSA) is 46.2 Å². The standard InChI is InChI=1S/C28H40O5Si/c1-6-11-12-24(7-2)23-29-27-19-15-25(16-20-27)13-14-26-17-21-28(22-18-26)33-34(30-8-3,31-9-4)32-10-5/h15-22,24H,6-12,23H2,1-5H3. The average molecular weight is 485 g/mol. The Morgan fingerprint density at radius 3 is 1.65 bits per heavy atom. The smallest absolute Gasteiger partial charge is 0.493 e. The van der Waals surface area contributed by atoms with Crippen LogP contribution in [0.2, 0.25) is 0 Å². The molecule has 0 aliphatic carbocycles. The molecule has 0 fully saturated rings. The van der Waals surface area contributed by atoms with Crippen molar-refractivity contribution >= 4 is 9.05 Å². The Morgan fingerprint density at radius 2 is 1.21 bits per heavy atom. The minimum atomic E-state index is -3.20. The van der Waals surface area contributed by atoms with Crippen LogP contribution in [0.15, 0.2) is 48.5 Å². The van der Waals surface area contributed by atoms with Crippen LogP contribution < -0.4 is 9.16 Å². The van der Waals surface area contributed by atoms with Crippen molar-refractivity contribution in [1.29, 1.82) is 0 Å². The summed E-state index contributed by atoms with van der Waals surface area (Å²) < 4.78 is 29.3. The van der Waals surface area contributed by atoms with Crippen molar-refractivity contribution in [2.45, 2.75) is 60.3 Å². The molecule has 186 valence electrons. The zero-order valence-corrected chi connectivity index (χ0v) is 22.4. The SMILES string of the molecule is CCCCC(CC)COc1ccc(C#Cc2ccc(O[Si](OCC)(OCC)OCC)cc2)cc1. The lowest BCUT2D eigenvalue weighted by atomic mass is 10.0. The first kappa shape index (κ1) is 27.9. The molecule has 2 rings (SSSR count). The first-order chi connectivity index (χ1) is 16.6. The molecule has 1 atom stereocenters. The fraction of sp³-hybridized carbons (Fsp3) is 0.500. The maximum absolute atomic E-state index is 6.03. The van der Waals surface area contributed by atoms with Gasteiger partial charge >= 0.3 is 9.05 Å². The van der Waals surface area contributed by atoms with E-state index in [1.165, 1.54) is 19.3 Å². The Morgan fingerprint density at radius 1 is 0.706 bits per heavy atom. The van der Waals surface area contributed by atoms with Gasteiger partial charge in [0.2, 0.25) is 0 Å². The zero-order chi connectivity index (χ0) is 24.7. The Balaban J connectivity index is 1.97. The van der Waals surface area contributed by atoms with Gasteiger partial charge < -0.3 is 22.4 Å². The molecule has 0 aliphatic heterocycles. The van der Waals surface area contributed by atoms with Gasteiger partial charge in [0.05, 0.1) is 6.61 Å². The fourth-order valence-corrected chi connectivity index (χ4v) is 5.30. The molecule has 0 aromatic heterocycles. The highest BCUT2D eigenvalue weighted by Crippen LogP contribution is 2.20. The maximum Gasteiger partial charge on any atom is 0.749 e. The molecule has 34 heavy (non-hydrogen) atoms. The van der Waals surface area contributed by atoms with Crippen LogP contribution in [0.1, 0.15) is 71.4 Å². The molecular formula is C28H40O5Si. The summed E-state index contributed by atoms with van der Waals surface area (Å²) in [6, 6.07) is 15.6. The predicted molar refractivity (Wildman–Crippen MR) is 139 cm³/mol. The molecular weight excluding hydrogens is 444 g/mol. The van der Waals surface area contributed by atoms with Crippen LogP contribution in [0.4, 0.5) is 0 Å². The van der Waals surface area contributed by atoms with Crippen LogP contribution in [-0.2, 0) is 13.3 Å². The highest BCUT2D eigenvalue weighted by Gasteiger charge is 2.47. The van der Waals surface area contributed by atoms with E-state index >= 15 is 0 Å². The van der Waals surface area contributed by atoms with E-state index in [-0.39, 0.29) is 0 Å². The van der Waals surface area contributed by atoms with Gasteiger partial charge in [-0.2, -0.15) is 0 Å². The van der Waals surface area contributed by atoms with E-state index < -0.39 is 9.05 Å². The Kier molecular flexibility index (Phi) is 12.8. The molecule has 0 heterocycles. The van der Waals surface area contributed by atoms with Crippen molar-refractivity contribution < 1.29 is 22.4 Å². The number of hydrogen-bond acceptors (Lipinski definition) is 5. The van der Waals surface area contributed by atoms with Crippen molar-refractivity contribution in [3.8, 4) is 23.3 Å². The molecule has 0 spiro atoms. The molecule has 2 aromatic carbocycles. The molecule has 2 aromatic rings. The zero-order valence-electron chi connectivity index (χ0n) is 21.4.